The molecule has 112 valence electrons. The van der Waals surface area contributed by atoms with Crippen LogP contribution in [0.5, 0.6) is 0 Å². The van der Waals surface area contributed by atoms with Gasteiger partial charge in [-0.3, -0.25) is 10.9 Å². The minimum atomic E-state index is 0.340. The highest BCUT2D eigenvalue weighted by Gasteiger charge is 2.51. The first-order valence-corrected chi connectivity index (χ1v) is 8.48. The molecular formula is C17H34N2. The third-order valence-electron chi connectivity index (χ3n) is 6.72. The van der Waals surface area contributed by atoms with E-state index < -0.39 is 0 Å². The summed E-state index contributed by atoms with van der Waals surface area (Å²) >= 11 is 0. The van der Waals surface area contributed by atoms with Crippen molar-refractivity contribution in [2.45, 2.75) is 85.1 Å². The second-order valence-corrected chi connectivity index (χ2v) is 7.65. The van der Waals surface area contributed by atoms with Crippen LogP contribution >= 0.6 is 0 Å². The molecule has 6 rings (SSSR count). The topological polar surface area (TPSA) is 24.1 Å². The van der Waals surface area contributed by atoms with E-state index in [9.17, 15) is 0 Å². The van der Waals surface area contributed by atoms with Crippen molar-refractivity contribution in [2.24, 2.45) is 16.7 Å². The molecule has 2 unspecified atom stereocenters. The molecule has 6 aliphatic rings. The lowest BCUT2D eigenvalue weighted by Crippen LogP contribution is -2.57. The maximum Gasteiger partial charge on any atom is 0.0323 e. The lowest BCUT2D eigenvalue weighted by Gasteiger charge is -2.49. The summed E-state index contributed by atoms with van der Waals surface area (Å²) in [4.78, 5) is 0. The van der Waals surface area contributed by atoms with E-state index in [1.807, 2.05) is 13.8 Å². The van der Waals surface area contributed by atoms with Gasteiger partial charge in [0.1, 0.15) is 0 Å². The molecule has 2 nitrogen and oxygen atoms in total. The van der Waals surface area contributed by atoms with Crippen LogP contribution < -0.4 is 10.9 Å². The molecule has 2 heteroatoms. The van der Waals surface area contributed by atoms with Gasteiger partial charge < -0.3 is 0 Å². The highest BCUT2D eigenvalue weighted by Crippen LogP contribution is 2.56. The van der Waals surface area contributed by atoms with Gasteiger partial charge in [-0.1, -0.05) is 34.1 Å². The normalized spacial score (nSPS) is 49.4. The van der Waals surface area contributed by atoms with E-state index in [4.69, 9.17) is 0 Å². The molecule has 3 heterocycles. The van der Waals surface area contributed by atoms with E-state index in [0.717, 1.165) is 12.5 Å². The Labute approximate surface area is 120 Å². The molecule has 0 aromatic rings. The number of nitrogens with one attached hydrogen (secondary N) is 2. The summed E-state index contributed by atoms with van der Waals surface area (Å²) in [5.74, 6) is 0.878. The molecule has 0 spiro atoms. The second kappa shape index (κ2) is 5.37. The average Bonchev–Trinajstić information content (AvgIpc) is 2.49. The van der Waals surface area contributed by atoms with Gasteiger partial charge in [0, 0.05) is 12.1 Å². The predicted octanol–water partition coefficient (Wildman–Crippen LogP) is 4.27. The fourth-order valence-corrected chi connectivity index (χ4v) is 4.75. The minimum Gasteiger partial charge on any atom is -0.257 e. The average molecular weight is 266 g/mol. The van der Waals surface area contributed by atoms with Crippen molar-refractivity contribution in [3.8, 4) is 0 Å². The van der Waals surface area contributed by atoms with Gasteiger partial charge >= 0.3 is 0 Å². The Morgan fingerprint density at radius 3 is 2.11 bits per heavy atom. The van der Waals surface area contributed by atoms with Gasteiger partial charge in [0.05, 0.1) is 0 Å². The van der Waals surface area contributed by atoms with Crippen molar-refractivity contribution in [1.29, 1.82) is 0 Å². The molecular weight excluding hydrogens is 232 g/mol. The molecule has 2 atom stereocenters. The number of hydrazine groups is 1. The van der Waals surface area contributed by atoms with Crippen molar-refractivity contribution in [3.63, 3.8) is 0 Å². The maximum absolute atomic E-state index is 3.69. The molecule has 0 aromatic heterocycles. The van der Waals surface area contributed by atoms with Crippen LogP contribution in [0.3, 0.4) is 0 Å². The molecule has 0 amide bonds. The van der Waals surface area contributed by atoms with E-state index in [1.54, 1.807) is 0 Å². The third-order valence-corrected chi connectivity index (χ3v) is 6.72. The Bertz CT molecular complexity index is 292. The molecule has 4 bridgehead atoms. The fraction of sp³-hybridized carbons (Fsp3) is 1.00. The largest absolute Gasteiger partial charge is 0.257 e. The SMILES string of the molecule is CC.CC12CCCC(C)(CNN1)C1(C)CCC2CC1. The third kappa shape index (κ3) is 2.47. The lowest BCUT2D eigenvalue weighted by atomic mass is 9.56. The second-order valence-electron chi connectivity index (χ2n) is 7.65. The Morgan fingerprint density at radius 1 is 0.842 bits per heavy atom. The van der Waals surface area contributed by atoms with E-state index in [0.29, 0.717) is 16.4 Å². The van der Waals surface area contributed by atoms with Crippen molar-refractivity contribution < 1.29 is 0 Å². The molecule has 3 aliphatic carbocycles. The predicted molar refractivity (Wildman–Crippen MR) is 82.9 cm³/mol. The molecule has 19 heavy (non-hydrogen) atoms. The lowest BCUT2D eigenvalue weighted by molar-refractivity contribution is 0.0164. The van der Waals surface area contributed by atoms with E-state index in [-0.39, 0.29) is 0 Å². The van der Waals surface area contributed by atoms with E-state index in [2.05, 4.69) is 31.6 Å². The minimum absolute atomic E-state index is 0.340. The number of hydrogen-bond donors (Lipinski definition) is 2. The van der Waals surface area contributed by atoms with Crippen LogP contribution in [0.1, 0.15) is 79.6 Å². The summed E-state index contributed by atoms with van der Waals surface area (Å²) < 4.78 is 0. The maximum atomic E-state index is 3.69. The molecule has 0 radical (unpaired) electrons. The van der Waals surface area contributed by atoms with Crippen molar-refractivity contribution in [3.05, 3.63) is 0 Å². The number of hydrogen-bond acceptors (Lipinski definition) is 2. The van der Waals surface area contributed by atoms with Crippen molar-refractivity contribution in [1.82, 2.24) is 10.9 Å². The van der Waals surface area contributed by atoms with Gasteiger partial charge in [-0.2, -0.15) is 0 Å². The van der Waals surface area contributed by atoms with Gasteiger partial charge in [-0.05, 0) is 62.2 Å². The summed E-state index contributed by atoms with van der Waals surface area (Å²) in [6.45, 7) is 12.7. The van der Waals surface area contributed by atoms with Gasteiger partial charge in [-0.25, -0.2) is 0 Å². The monoisotopic (exact) mass is 266 g/mol. The zero-order valence-electron chi connectivity index (χ0n) is 13.7. The van der Waals surface area contributed by atoms with Crippen molar-refractivity contribution in [2.75, 3.05) is 6.54 Å². The van der Waals surface area contributed by atoms with Crippen LogP contribution in [-0.4, -0.2) is 12.1 Å². The molecule has 3 saturated heterocycles. The standard InChI is InChI=1S/C15H28N2.C2H6/c1-13-9-5-12(6-10-13)15(3)8-4-7-14(13,2)11-16-17-15;1-2/h12,16-17H,4-11H2,1-3H3;1-2H3. The quantitative estimate of drug-likeness (QED) is 0.684. The molecule has 2 N–H and O–H groups in total. The Kier molecular flexibility index (Phi) is 4.32. The first-order chi connectivity index (χ1) is 8.98. The zero-order valence-corrected chi connectivity index (χ0v) is 13.7. The van der Waals surface area contributed by atoms with Gasteiger partial charge in [0.25, 0.3) is 0 Å². The van der Waals surface area contributed by atoms with E-state index >= 15 is 0 Å². The first-order valence-electron chi connectivity index (χ1n) is 8.48. The first kappa shape index (κ1) is 15.3. The summed E-state index contributed by atoms with van der Waals surface area (Å²) in [6, 6.07) is 0. The Morgan fingerprint density at radius 2 is 1.47 bits per heavy atom. The molecule has 3 saturated carbocycles. The van der Waals surface area contributed by atoms with Gasteiger partial charge in [0.15, 0.2) is 0 Å². The van der Waals surface area contributed by atoms with Crippen molar-refractivity contribution >= 4 is 0 Å². The zero-order chi connectivity index (χ0) is 14.1. The summed E-state index contributed by atoms with van der Waals surface area (Å²) in [6.07, 6.45) is 9.87. The number of rotatable bonds is 0. The van der Waals surface area contributed by atoms with Crippen LogP contribution in [0.15, 0.2) is 0 Å². The highest BCUT2D eigenvalue weighted by atomic mass is 15.4. The van der Waals surface area contributed by atoms with Crippen LogP contribution in [0.25, 0.3) is 0 Å². The van der Waals surface area contributed by atoms with Crippen LogP contribution in [0, 0.1) is 16.7 Å². The smallest absolute Gasteiger partial charge is 0.0323 e. The fourth-order valence-electron chi connectivity index (χ4n) is 4.75. The molecule has 6 fully saturated rings. The Balaban J connectivity index is 0.000000637. The summed E-state index contributed by atoms with van der Waals surface area (Å²) in [7, 11) is 0. The molecule has 0 aromatic carbocycles. The van der Waals surface area contributed by atoms with Gasteiger partial charge in [0.2, 0.25) is 0 Å². The van der Waals surface area contributed by atoms with Crippen LogP contribution in [-0.2, 0) is 0 Å². The van der Waals surface area contributed by atoms with Crippen LogP contribution in [0.2, 0.25) is 0 Å². The van der Waals surface area contributed by atoms with E-state index in [1.165, 1.54) is 44.9 Å². The summed E-state index contributed by atoms with van der Waals surface area (Å²) in [5.41, 5.74) is 8.66. The van der Waals surface area contributed by atoms with Crippen LogP contribution in [0.4, 0.5) is 0 Å². The van der Waals surface area contributed by atoms with Gasteiger partial charge in [-0.15, -0.1) is 0 Å². The highest BCUT2D eigenvalue weighted by molar-refractivity contribution is 5.04. The summed E-state index contributed by atoms with van der Waals surface area (Å²) in [5, 5.41) is 0. The Hall–Kier alpha value is -0.0800. The molecule has 3 aliphatic heterocycles.